The lowest BCUT2D eigenvalue weighted by atomic mass is 10.1. The van der Waals surface area contributed by atoms with Crippen LogP contribution >= 0.6 is 11.6 Å². The lowest BCUT2D eigenvalue weighted by Crippen LogP contribution is -2.17. The summed E-state index contributed by atoms with van der Waals surface area (Å²) in [6, 6.07) is 6.05. The van der Waals surface area contributed by atoms with Crippen LogP contribution in [-0.2, 0) is 11.0 Å². The number of alkyl halides is 3. The second-order valence-corrected chi connectivity index (χ2v) is 5.72. The minimum absolute atomic E-state index is 0.125. The Kier molecular flexibility index (Phi) is 6.21. The van der Waals surface area contributed by atoms with Crippen LogP contribution in [0.4, 0.5) is 34.6 Å². The lowest BCUT2D eigenvalue weighted by molar-refractivity contribution is -0.384. The maximum Gasteiger partial charge on any atom is 0.416 e. The molecule has 0 saturated carbocycles. The molecule has 0 aromatic heterocycles. The zero-order chi connectivity index (χ0) is 20.2. The van der Waals surface area contributed by atoms with Crippen LogP contribution in [0.3, 0.4) is 0 Å². The SMILES string of the molecule is O=C(CCNc1ccc(C(F)(F)F)cc1[N+](=O)[O-])Nc1cccc(Cl)c1F. The van der Waals surface area contributed by atoms with E-state index < -0.39 is 34.1 Å². The maximum absolute atomic E-state index is 13.7. The molecule has 2 aromatic rings. The molecule has 0 radical (unpaired) electrons. The smallest absolute Gasteiger partial charge is 0.379 e. The molecule has 2 aromatic carbocycles. The molecule has 0 fully saturated rings. The standard InChI is InChI=1S/C16H12ClF4N3O3/c17-10-2-1-3-12(15(10)18)23-14(25)6-7-22-11-5-4-9(16(19,20)21)8-13(11)24(26)27/h1-5,8,22H,6-7H2,(H,23,25). The van der Waals surface area contributed by atoms with Gasteiger partial charge in [0.25, 0.3) is 5.69 Å². The largest absolute Gasteiger partial charge is 0.416 e. The van der Waals surface area contributed by atoms with Crippen LogP contribution in [0.1, 0.15) is 12.0 Å². The van der Waals surface area contributed by atoms with E-state index in [0.29, 0.717) is 12.1 Å². The molecular weight excluding hydrogens is 394 g/mol. The Morgan fingerprint density at radius 2 is 1.89 bits per heavy atom. The average molecular weight is 406 g/mol. The summed E-state index contributed by atoms with van der Waals surface area (Å²) in [5.74, 6) is -1.42. The van der Waals surface area contributed by atoms with Gasteiger partial charge >= 0.3 is 6.18 Å². The number of hydrogen-bond donors (Lipinski definition) is 2. The van der Waals surface area contributed by atoms with Crippen LogP contribution in [-0.4, -0.2) is 17.4 Å². The van der Waals surface area contributed by atoms with Crippen LogP contribution < -0.4 is 10.6 Å². The molecule has 0 atom stereocenters. The Balaban J connectivity index is 2.01. The van der Waals surface area contributed by atoms with Gasteiger partial charge in [-0.3, -0.25) is 14.9 Å². The first-order chi connectivity index (χ1) is 12.6. The van der Waals surface area contributed by atoms with E-state index in [2.05, 4.69) is 10.6 Å². The van der Waals surface area contributed by atoms with Crippen LogP contribution in [0.2, 0.25) is 5.02 Å². The number of nitrogens with one attached hydrogen (secondary N) is 2. The van der Waals surface area contributed by atoms with Crippen molar-refractivity contribution in [2.45, 2.75) is 12.6 Å². The van der Waals surface area contributed by atoms with Crippen molar-refractivity contribution in [2.75, 3.05) is 17.2 Å². The molecule has 27 heavy (non-hydrogen) atoms. The van der Waals surface area contributed by atoms with E-state index in [0.717, 1.165) is 6.07 Å². The van der Waals surface area contributed by atoms with E-state index in [1.165, 1.54) is 18.2 Å². The fourth-order valence-corrected chi connectivity index (χ4v) is 2.31. The summed E-state index contributed by atoms with van der Waals surface area (Å²) in [6.45, 7) is -0.125. The number of carbonyl (C=O) groups is 1. The van der Waals surface area contributed by atoms with Gasteiger partial charge in [0, 0.05) is 19.0 Å². The topological polar surface area (TPSA) is 84.3 Å². The van der Waals surface area contributed by atoms with Crippen molar-refractivity contribution in [1.82, 2.24) is 0 Å². The van der Waals surface area contributed by atoms with E-state index in [-0.39, 0.29) is 29.4 Å². The minimum Gasteiger partial charge on any atom is -0.379 e. The zero-order valence-corrected chi connectivity index (χ0v) is 14.2. The number of amides is 1. The van der Waals surface area contributed by atoms with E-state index in [4.69, 9.17) is 11.6 Å². The van der Waals surface area contributed by atoms with E-state index >= 15 is 0 Å². The molecule has 0 bridgehead atoms. The molecule has 0 heterocycles. The summed E-state index contributed by atoms with van der Waals surface area (Å²) in [6.07, 6.45) is -4.94. The third kappa shape index (κ3) is 5.30. The summed E-state index contributed by atoms with van der Waals surface area (Å²) in [5.41, 5.74) is -2.23. The second kappa shape index (κ2) is 8.21. The summed E-state index contributed by atoms with van der Waals surface area (Å²) in [4.78, 5) is 21.8. The molecule has 6 nitrogen and oxygen atoms in total. The number of nitro benzene ring substituents is 1. The number of nitro groups is 1. The van der Waals surface area contributed by atoms with E-state index in [1.807, 2.05) is 0 Å². The van der Waals surface area contributed by atoms with Gasteiger partial charge in [-0.25, -0.2) is 4.39 Å². The first-order valence-corrected chi connectivity index (χ1v) is 7.80. The van der Waals surface area contributed by atoms with Gasteiger partial charge in [-0.2, -0.15) is 13.2 Å². The normalized spacial score (nSPS) is 11.1. The molecular formula is C16H12ClF4N3O3. The van der Waals surface area contributed by atoms with Crippen molar-refractivity contribution in [1.29, 1.82) is 0 Å². The van der Waals surface area contributed by atoms with Gasteiger partial charge in [0.2, 0.25) is 5.91 Å². The van der Waals surface area contributed by atoms with Crippen LogP contribution in [0.15, 0.2) is 36.4 Å². The van der Waals surface area contributed by atoms with Crippen LogP contribution in [0.25, 0.3) is 0 Å². The monoisotopic (exact) mass is 405 g/mol. The lowest BCUT2D eigenvalue weighted by Gasteiger charge is -2.11. The van der Waals surface area contributed by atoms with Crippen molar-refractivity contribution < 1.29 is 27.3 Å². The Morgan fingerprint density at radius 1 is 1.19 bits per heavy atom. The summed E-state index contributed by atoms with van der Waals surface area (Å²) < 4.78 is 51.7. The molecule has 1 amide bonds. The molecule has 11 heteroatoms. The third-order valence-corrected chi connectivity index (χ3v) is 3.71. The Hall–Kier alpha value is -2.88. The number of hydrogen-bond acceptors (Lipinski definition) is 4. The Bertz CT molecular complexity index is 874. The predicted molar refractivity (Wildman–Crippen MR) is 91.2 cm³/mol. The van der Waals surface area contributed by atoms with Gasteiger partial charge < -0.3 is 10.6 Å². The molecule has 0 saturated heterocycles. The van der Waals surface area contributed by atoms with Crippen molar-refractivity contribution in [3.05, 3.63) is 62.9 Å². The van der Waals surface area contributed by atoms with Gasteiger partial charge in [0.05, 0.1) is 21.2 Å². The molecule has 0 aliphatic rings. The average Bonchev–Trinajstić information content (AvgIpc) is 2.58. The second-order valence-electron chi connectivity index (χ2n) is 5.31. The van der Waals surface area contributed by atoms with Crippen molar-refractivity contribution in [3.8, 4) is 0 Å². The first-order valence-electron chi connectivity index (χ1n) is 7.43. The number of carbonyl (C=O) groups excluding carboxylic acids is 1. The molecule has 0 aliphatic carbocycles. The minimum atomic E-state index is -4.72. The Labute approximate surface area is 155 Å². The van der Waals surface area contributed by atoms with Gasteiger partial charge in [-0.1, -0.05) is 17.7 Å². The summed E-state index contributed by atoms with van der Waals surface area (Å²) in [7, 11) is 0. The van der Waals surface area contributed by atoms with Crippen molar-refractivity contribution in [2.24, 2.45) is 0 Å². The molecule has 0 unspecified atom stereocenters. The van der Waals surface area contributed by atoms with Gasteiger partial charge in [-0.05, 0) is 24.3 Å². The quantitative estimate of drug-likeness (QED) is 0.409. The number of benzene rings is 2. The highest BCUT2D eigenvalue weighted by Gasteiger charge is 2.33. The number of halogens is 5. The van der Waals surface area contributed by atoms with Gasteiger partial charge in [0.15, 0.2) is 5.82 Å². The molecule has 2 rings (SSSR count). The van der Waals surface area contributed by atoms with Crippen molar-refractivity contribution >= 4 is 34.6 Å². The highest BCUT2D eigenvalue weighted by Crippen LogP contribution is 2.34. The van der Waals surface area contributed by atoms with Gasteiger partial charge in [0.1, 0.15) is 5.69 Å². The fraction of sp³-hybridized carbons (Fsp3) is 0.188. The molecule has 144 valence electrons. The molecule has 0 aliphatic heterocycles. The fourth-order valence-electron chi connectivity index (χ4n) is 2.13. The van der Waals surface area contributed by atoms with E-state index in [1.54, 1.807) is 0 Å². The summed E-state index contributed by atoms with van der Waals surface area (Å²) >= 11 is 5.59. The number of nitrogens with zero attached hydrogens (tertiary/aromatic N) is 1. The zero-order valence-electron chi connectivity index (χ0n) is 13.4. The van der Waals surface area contributed by atoms with Gasteiger partial charge in [-0.15, -0.1) is 0 Å². The number of rotatable bonds is 6. The highest BCUT2D eigenvalue weighted by atomic mass is 35.5. The Morgan fingerprint density at radius 3 is 2.52 bits per heavy atom. The molecule has 2 N–H and O–H groups in total. The van der Waals surface area contributed by atoms with Crippen LogP contribution in [0.5, 0.6) is 0 Å². The first kappa shape index (κ1) is 20.4. The maximum atomic E-state index is 13.7. The van der Waals surface area contributed by atoms with Crippen molar-refractivity contribution in [3.63, 3.8) is 0 Å². The van der Waals surface area contributed by atoms with Crippen LogP contribution in [0, 0.1) is 15.9 Å². The summed E-state index contributed by atoms with van der Waals surface area (Å²) in [5, 5.41) is 15.6. The molecule has 0 spiro atoms. The number of anilines is 2. The third-order valence-electron chi connectivity index (χ3n) is 3.41. The van der Waals surface area contributed by atoms with E-state index in [9.17, 15) is 32.5 Å². The predicted octanol–water partition coefficient (Wildman–Crippen LogP) is 4.85. The highest BCUT2D eigenvalue weighted by molar-refractivity contribution is 6.31.